The van der Waals surface area contributed by atoms with E-state index >= 15 is 0 Å². The van der Waals surface area contributed by atoms with Gasteiger partial charge in [-0.3, -0.25) is 4.79 Å². The number of likely N-dealkylation sites (tertiary alicyclic amines) is 1. The Kier molecular flexibility index (Phi) is 4.62. The molecule has 2 atom stereocenters. The van der Waals surface area contributed by atoms with E-state index < -0.39 is 10.0 Å². The third-order valence-electron chi connectivity index (χ3n) is 5.54. The number of amides is 1. The van der Waals surface area contributed by atoms with Crippen molar-refractivity contribution >= 4 is 21.7 Å². The number of carbonyl (C=O) groups excluding carboxylic acids is 1. The zero-order valence-corrected chi connectivity index (χ0v) is 15.7. The van der Waals surface area contributed by atoms with Gasteiger partial charge in [0.15, 0.2) is 0 Å². The number of anilines is 1. The van der Waals surface area contributed by atoms with E-state index in [-0.39, 0.29) is 18.0 Å². The number of fused-ring (bicyclic) bond motifs is 1. The fraction of sp³-hybridized carbons (Fsp3) is 0.647. The lowest BCUT2D eigenvalue weighted by Gasteiger charge is -2.28. The molecule has 4 heterocycles. The van der Waals surface area contributed by atoms with Gasteiger partial charge in [-0.2, -0.15) is 4.31 Å². The molecule has 142 valence electrons. The maximum atomic E-state index is 12.9. The minimum atomic E-state index is -3.22. The molecule has 1 aromatic rings. The number of nitrogens with zero attached hydrogens (tertiary/aromatic N) is 4. The summed E-state index contributed by atoms with van der Waals surface area (Å²) < 4.78 is 30.7. The summed E-state index contributed by atoms with van der Waals surface area (Å²) in [4.78, 5) is 21.3. The van der Waals surface area contributed by atoms with Gasteiger partial charge in [-0.25, -0.2) is 13.4 Å². The number of ether oxygens (including phenoxy) is 1. The summed E-state index contributed by atoms with van der Waals surface area (Å²) in [6.07, 6.45) is 4.27. The van der Waals surface area contributed by atoms with Crippen molar-refractivity contribution in [2.24, 2.45) is 0 Å². The first-order valence-corrected chi connectivity index (χ1v) is 10.9. The van der Waals surface area contributed by atoms with Crippen molar-refractivity contribution in [1.82, 2.24) is 14.2 Å². The maximum Gasteiger partial charge on any atom is 0.255 e. The minimum Gasteiger partial charge on any atom is -0.378 e. The van der Waals surface area contributed by atoms with Crippen LogP contribution in [0.5, 0.6) is 0 Å². The Hall–Kier alpha value is -1.71. The SMILES string of the molecule is CS(=O)(=O)N1CC[C@H]2[C@@H]1CCN2C(=O)c1ccc(N2CCOCC2)nc1. The van der Waals surface area contributed by atoms with Gasteiger partial charge in [-0.15, -0.1) is 0 Å². The molecule has 3 aliphatic heterocycles. The van der Waals surface area contributed by atoms with Crippen LogP contribution < -0.4 is 4.90 Å². The van der Waals surface area contributed by atoms with E-state index in [0.717, 1.165) is 18.9 Å². The summed E-state index contributed by atoms with van der Waals surface area (Å²) in [5, 5.41) is 0. The van der Waals surface area contributed by atoms with Crippen molar-refractivity contribution in [1.29, 1.82) is 0 Å². The van der Waals surface area contributed by atoms with Crippen LogP contribution in [0.2, 0.25) is 0 Å². The van der Waals surface area contributed by atoms with Crippen molar-refractivity contribution in [3.05, 3.63) is 23.9 Å². The van der Waals surface area contributed by atoms with E-state index in [0.29, 0.717) is 44.7 Å². The topological polar surface area (TPSA) is 83.1 Å². The largest absolute Gasteiger partial charge is 0.378 e. The predicted molar refractivity (Wildman–Crippen MR) is 96.7 cm³/mol. The Bertz CT molecular complexity index is 776. The van der Waals surface area contributed by atoms with Gasteiger partial charge in [-0.05, 0) is 25.0 Å². The van der Waals surface area contributed by atoms with Crippen LogP contribution in [0, 0.1) is 0 Å². The van der Waals surface area contributed by atoms with E-state index in [1.54, 1.807) is 10.5 Å². The van der Waals surface area contributed by atoms with Crippen molar-refractivity contribution in [2.75, 3.05) is 50.5 Å². The highest BCUT2D eigenvalue weighted by Crippen LogP contribution is 2.34. The molecule has 1 aromatic heterocycles. The summed E-state index contributed by atoms with van der Waals surface area (Å²) in [5.74, 6) is 0.794. The summed E-state index contributed by atoms with van der Waals surface area (Å²) in [6, 6.07) is 3.58. The summed E-state index contributed by atoms with van der Waals surface area (Å²) in [5.41, 5.74) is 0.556. The van der Waals surface area contributed by atoms with Gasteiger partial charge in [0.2, 0.25) is 10.0 Å². The monoisotopic (exact) mass is 380 g/mol. The Morgan fingerprint density at radius 1 is 1.12 bits per heavy atom. The van der Waals surface area contributed by atoms with Crippen molar-refractivity contribution < 1.29 is 17.9 Å². The van der Waals surface area contributed by atoms with Crippen molar-refractivity contribution in [2.45, 2.75) is 24.9 Å². The van der Waals surface area contributed by atoms with Gasteiger partial charge in [-0.1, -0.05) is 0 Å². The molecule has 3 aliphatic rings. The molecule has 0 aromatic carbocycles. The molecule has 4 rings (SSSR count). The molecule has 8 nitrogen and oxygen atoms in total. The Balaban J connectivity index is 1.46. The van der Waals surface area contributed by atoms with Gasteiger partial charge in [0.25, 0.3) is 5.91 Å². The number of morpholine rings is 1. The molecule has 0 bridgehead atoms. The Morgan fingerprint density at radius 2 is 1.85 bits per heavy atom. The zero-order chi connectivity index (χ0) is 18.3. The molecule has 3 saturated heterocycles. The summed E-state index contributed by atoms with van der Waals surface area (Å²) in [7, 11) is -3.22. The first-order chi connectivity index (χ1) is 12.4. The minimum absolute atomic E-state index is 0.0313. The first kappa shape index (κ1) is 17.7. The van der Waals surface area contributed by atoms with Crippen LogP contribution in [0.15, 0.2) is 18.3 Å². The van der Waals surface area contributed by atoms with Crippen LogP contribution in [0.4, 0.5) is 5.82 Å². The fourth-order valence-corrected chi connectivity index (χ4v) is 5.44. The number of hydrogen-bond acceptors (Lipinski definition) is 6. The second kappa shape index (κ2) is 6.79. The first-order valence-electron chi connectivity index (χ1n) is 9.02. The number of rotatable bonds is 3. The molecule has 3 fully saturated rings. The van der Waals surface area contributed by atoms with Crippen molar-refractivity contribution in [3.8, 4) is 0 Å². The van der Waals surface area contributed by atoms with E-state index in [2.05, 4.69) is 9.88 Å². The van der Waals surface area contributed by atoms with E-state index in [1.165, 1.54) is 6.26 Å². The number of hydrogen-bond donors (Lipinski definition) is 0. The molecular formula is C17H24N4O4S. The number of pyridine rings is 1. The van der Waals surface area contributed by atoms with Gasteiger partial charge in [0.05, 0.1) is 25.0 Å². The third kappa shape index (κ3) is 3.19. The second-order valence-corrected chi connectivity index (χ2v) is 9.02. The number of carbonyl (C=O) groups is 1. The Labute approximate surface area is 153 Å². The molecule has 0 spiro atoms. The smallest absolute Gasteiger partial charge is 0.255 e. The van der Waals surface area contributed by atoms with Crippen LogP contribution >= 0.6 is 0 Å². The van der Waals surface area contributed by atoms with Gasteiger partial charge < -0.3 is 14.5 Å². The van der Waals surface area contributed by atoms with Crippen LogP contribution in [0.1, 0.15) is 23.2 Å². The molecular weight excluding hydrogens is 356 g/mol. The van der Waals surface area contributed by atoms with E-state index in [1.807, 2.05) is 17.0 Å². The highest BCUT2D eigenvalue weighted by molar-refractivity contribution is 7.88. The molecule has 0 aliphatic carbocycles. The molecule has 0 radical (unpaired) electrons. The molecule has 0 saturated carbocycles. The average molecular weight is 380 g/mol. The van der Waals surface area contributed by atoms with Crippen LogP contribution in [0.3, 0.4) is 0 Å². The van der Waals surface area contributed by atoms with Gasteiger partial charge in [0, 0.05) is 44.5 Å². The predicted octanol–water partition coefficient (Wildman–Crippen LogP) is 0.167. The Morgan fingerprint density at radius 3 is 2.50 bits per heavy atom. The highest BCUT2D eigenvalue weighted by Gasteiger charge is 2.47. The lowest BCUT2D eigenvalue weighted by molar-refractivity contribution is 0.0734. The molecule has 9 heteroatoms. The molecule has 0 unspecified atom stereocenters. The van der Waals surface area contributed by atoms with E-state index in [9.17, 15) is 13.2 Å². The maximum absolute atomic E-state index is 12.9. The standard InChI is InChI=1S/C17H24N4O4S/c1-26(23,24)21-7-5-14-15(21)4-6-20(14)17(22)13-2-3-16(18-12-13)19-8-10-25-11-9-19/h2-3,12,14-15H,4-11H2,1H3/t14-,15-/m0/s1. The quantitative estimate of drug-likeness (QED) is 0.743. The normalized spacial score (nSPS) is 27.0. The second-order valence-electron chi connectivity index (χ2n) is 7.09. The highest BCUT2D eigenvalue weighted by atomic mass is 32.2. The molecule has 26 heavy (non-hydrogen) atoms. The van der Waals surface area contributed by atoms with Crippen LogP contribution in [-0.4, -0.2) is 86.2 Å². The summed E-state index contributed by atoms with van der Waals surface area (Å²) >= 11 is 0. The van der Waals surface area contributed by atoms with Gasteiger partial charge in [0.1, 0.15) is 5.82 Å². The lowest BCUT2D eigenvalue weighted by Crippen LogP contribution is -2.41. The van der Waals surface area contributed by atoms with Crippen molar-refractivity contribution in [3.63, 3.8) is 0 Å². The fourth-order valence-electron chi connectivity index (χ4n) is 4.27. The lowest BCUT2D eigenvalue weighted by atomic mass is 10.1. The van der Waals surface area contributed by atoms with E-state index in [4.69, 9.17) is 4.74 Å². The van der Waals surface area contributed by atoms with Crippen LogP contribution in [0.25, 0.3) is 0 Å². The molecule has 0 N–H and O–H groups in total. The number of sulfonamides is 1. The summed E-state index contributed by atoms with van der Waals surface area (Å²) in [6.45, 7) is 4.07. The molecule has 1 amide bonds. The zero-order valence-electron chi connectivity index (χ0n) is 14.9. The average Bonchev–Trinajstić information content (AvgIpc) is 3.23. The van der Waals surface area contributed by atoms with Crippen LogP contribution in [-0.2, 0) is 14.8 Å². The number of aromatic nitrogens is 1. The van der Waals surface area contributed by atoms with Gasteiger partial charge >= 0.3 is 0 Å². The third-order valence-corrected chi connectivity index (χ3v) is 6.85.